The number of rotatable bonds is 4. The molecule has 0 bridgehead atoms. The molecular formula is C17H26ClN. The predicted molar refractivity (Wildman–Crippen MR) is 83.8 cm³/mol. The summed E-state index contributed by atoms with van der Waals surface area (Å²) in [6.07, 6.45) is 7.82. The molecule has 1 N–H and O–H groups in total. The second kappa shape index (κ2) is 7.31. The van der Waals surface area contributed by atoms with Gasteiger partial charge in [-0.1, -0.05) is 49.6 Å². The quantitative estimate of drug-likeness (QED) is 0.779. The molecule has 0 aromatic heterocycles. The van der Waals surface area contributed by atoms with Crippen molar-refractivity contribution in [2.75, 3.05) is 0 Å². The lowest BCUT2D eigenvalue weighted by atomic mass is 10.0. The maximum atomic E-state index is 6.23. The monoisotopic (exact) mass is 279 g/mol. The number of hydrogen-bond donors (Lipinski definition) is 1. The molecule has 0 amide bonds. The molecule has 1 aromatic rings. The summed E-state index contributed by atoms with van der Waals surface area (Å²) in [5, 5.41) is 4.69. The van der Waals surface area contributed by atoms with E-state index < -0.39 is 0 Å². The summed E-state index contributed by atoms with van der Waals surface area (Å²) >= 11 is 6.23. The van der Waals surface area contributed by atoms with Crippen molar-refractivity contribution in [2.45, 2.75) is 64.5 Å². The lowest BCUT2D eigenvalue weighted by molar-refractivity contribution is 0.400. The molecule has 1 aromatic carbocycles. The molecule has 1 fully saturated rings. The highest BCUT2D eigenvalue weighted by molar-refractivity contribution is 6.31. The first kappa shape index (κ1) is 14.9. The summed E-state index contributed by atoms with van der Waals surface area (Å²) in [4.78, 5) is 0. The van der Waals surface area contributed by atoms with Gasteiger partial charge in [-0.25, -0.2) is 0 Å². The molecule has 1 nitrogen and oxygen atoms in total. The zero-order valence-corrected chi connectivity index (χ0v) is 12.9. The van der Waals surface area contributed by atoms with E-state index in [9.17, 15) is 0 Å². The molecular weight excluding hydrogens is 254 g/mol. The van der Waals surface area contributed by atoms with E-state index in [-0.39, 0.29) is 0 Å². The zero-order chi connectivity index (χ0) is 13.7. The lowest BCUT2D eigenvalue weighted by Crippen LogP contribution is -2.37. The van der Waals surface area contributed by atoms with Crippen molar-refractivity contribution in [3.05, 3.63) is 34.9 Å². The van der Waals surface area contributed by atoms with Crippen molar-refractivity contribution >= 4 is 11.6 Å². The van der Waals surface area contributed by atoms with Crippen LogP contribution < -0.4 is 5.32 Å². The van der Waals surface area contributed by atoms with Crippen molar-refractivity contribution in [3.8, 4) is 0 Å². The highest BCUT2D eigenvalue weighted by atomic mass is 35.5. The van der Waals surface area contributed by atoms with Crippen LogP contribution in [0.15, 0.2) is 24.3 Å². The molecule has 0 aliphatic heterocycles. The molecule has 0 saturated heterocycles. The van der Waals surface area contributed by atoms with Crippen LogP contribution in [-0.2, 0) is 6.42 Å². The second-order valence-electron chi connectivity index (χ2n) is 6.17. The lowest BCUT2D eigenvalue weighted by Gasteiger charge is -2.22. The maximum Gasteiger partial charge on any atom is 0.0438 e. The minimum Gasteiger partial charge on any atom is -0.311 e. The van der Waals surface area contributed by atoms with Gasteiger partial charge in [0.05, 0.1) is 0 Å². The molecule has 2 heteroatoms. The van der Waals surface area contributed by atoms with Crippen LogP contribution in [0.4, 0.5) is 0 Å². The van der Waals surface area contributed by atoms with E-state index >= 15 is 0 Å². The number of nitrogens with one attached hydrogen (secondary N) is 1. The first-order chi connectivity index (χ1) is 9.15. The van der Waals surface area contributed by atoms with Gasteiger partial charge in [0, 0.05) is 17.1 Å². The van der Waals surface area contributed by atoms with Gasteiger partial charge in [-0.15, -0.1) is 0 Å². The largest absolute Gasteiger partial charge is 0.311 e. The summed E-state index contributed by atoms with van der Waals surface area (Å²) in [5.74, 6) is 0.908. The van der Waals surface area contributed by atoms with Gasteiger partial charge in [0.15, 0.2) is 0 Å². The standard InChI is InChI=1S/C17H26ClN/c1-13-6-5-8-16(11-10-13)19-14(2)12-15-7-3-4-9-17(15)18/h3-4,7,9,13-14,16,19H,5-6,8,10-12H2,1-2H3. The molecule has 3 unspecified atom stereocenters. The van der Waals surface area contributed by atoms with Gasteiger partial charge in [0.25, 0.3) is 0 Å². The molecule has 1 aliphatic rings. The van der Waals surface area contributed by atoms with E-state index in [1.165, 1.54) is 37.7 Å². The van der Waals surface area contributed by atoms with Gasteiger partial charge < -0.3 is 5.32 Å². The third kappa shape index (κ3) is 4.81. The van der Waals surface area contributed by atoms with E-state index in [0.29, 0.717) is 12.1 Å². The number of hydrogen-bond acceptors (Lipinski definition) is 1. The molecule has 3 atom stereocenters. The van der Waals surface area contributed by atoms with Crippen LogP contribution in [0.25, 0.3) is 0 Å². The van der Waals surface area contributed by atoms with E-state index in [0.717, 1.165) is 17.4 Å². The van der Waals surface area contributed by atoms with Crippen LogP contribution >= 0.6 is 11.6 Å². The summed E-state index contributed by atoms with van der Waals surface area (Å²) in [6, 6.07) is 9.38. The van der Waals surface area contributed by atoms with Crippen molar-refractivity contribution in [2.24, 2.45) is 5.92 Å². The first-order valence-corrected chi connectivity index (χ1v) is 8.02. The van der Waals surface area contributed by atoms with E-state index in [2.05, 4.69) is 31.3 Å². The molecule has 19 heavy (non-hydrogen) atoms. The number of halogens is 1. The normalized spacial score (nSPS) is 25.8. The van der Waals surface area contributed by atoms with Gasteiger partial charge in [-0.3, -0.25) is 0 Å². The third-order valence-electron chi connectivity index (χ3n) is 4.26. The Balaban J connectivity index is 1.84. The second-order valence-corrected chi connectivity index (χ2v) is 6.58. The fourth-order valence-electron chi connectivity index (χ4n) is 3.11. The number of benzene rings is 1. The van der Waals surface area contributed by atoms with Gasteiger partial charge in [0.2, 0.25) is 0 Å². The smallest absolute Gasteiger partial charge is 0.0438 e. The Morgan fingerprint density at radius 3 is 2.79 bits per heavy atom. The topological polar surface area (TPSA) is 12.0 Å². The fraction of sp³-hybridized carbons (Fsp3) is 0.647. The van der Waals surface area contributed by atoms with Crippen molar-refractivity contribution in [1.82, 2.24) is 5.32 Å². The minimum atomic E-state index is 0.498. The fourth-order valence-corrected chi connectivity index (χ4v) is 3.32. The third-order valence-corrected chi connectivity index (χ3v) is 4.63. The summed E-state index contributed by atoms with van der Waals surface area (Å²) in [7, 11) is 0. The predicted octanol–water partition coefficient (Wildman–Crippen LogP) is 4.83. The maximum absolute atomic E-state index is 6.23. The molecule has 2 rings (SSSR count). The van der Waals surface area contributed by atoms with Gasteiger partial charge in [0.1, 0.15) is 0 Å². The van der Waals surface area contributed by atoms with E-state index in [1.807, 2.05) is 12.1 Å². The zero-order valence-electron chi connectivity index (χ0n) is 12.2. The van der Waals surface area contributed by atoms with Crippen molar-refractivity contribution in [3.63, 3.8) is 0 Å². The van der Waals surface area contributed by atoms with Crippen LogP contribution in [0.1, 0.15) is 51.5 Å². The highest BCUT2D eigenvalue weighted by Gasteiger charge is 2.18. The summed E-state index contributed by atoms with van der Waals surface area (Å²) in [5.41, 5.74) is 1.26. The molecule has 0 heterocycles. The first-order valence-electron chi connectivity index (χ1n) is 7.64. The summed E-state index contributed by atoms with van der Waals surface area (Å²) in [6.45, 7) is 4.66. The Kier molecular flexibility index (Phi) is 5.72. The molecule has 1 aliphatic carbocycles. The van der Waals surface area contributed by atoms with Crippen LogP contribution in [-0.4, -0.2) is 12.1 Å². The molecule has 106 valence electrons. The van der Waals surface area contributed by atoms with Crippen LogP contribution in [0, 0.1) is 5.92 Å². The van der Waals surface area contributed by atoms with Crippen molar-refractivity contribution < 1.29 is 0 Å². The average molecular weight is 280 g/mol. The highest BCUT2D eigenvalue weighted by Crippen LogP contribution is 2.23. The SMILES string of the molecule is CC1CCCC(NC(C)Cc2ccccc2Cl)CC1. The van der Waals surface area contributed by atoms with Crippen LogP contribution in [0.2, 0.25) is 5.02 Å². The Labute approximate surface area is 122 Å². The van der Waals surface area contributed by atoms with E-state index in [1.54, 1.807) is 0 Å². The van der Waals surface area contributed by atoms with Crippen LogP contribution in [0.5, 0.6) is 0 Å². The summed E-state index contributed by atoms with van der Waals surface area (Å²) < 4.78 is 0. The Bertz CT molecular complexity index is 391. The van der Waals surface area contributed by atoms with Crippen molar-refractivity contribution in [1.29, 1.82) is 0 Å². The van der Waals surface area contributed by atoms with Gasteiger partial charge in [-0.2, -0.15) is 0 Å². The molecule has 0 spiro atoms. The molecule has 1 saturated carbocycles. The Hall–Kier alpha value is -0.530. The van der Waals surface area contributed by atoms with E-state index in [4.69, 9.17) is 11.6 Å². The minimum absolute atomic E-state index is 0.498. The molecule has 0 radical (unpaired) electrons. The van der Waals surface area contributed by atoms with Crippen LogP contribution in [0.3, 0.4) is 0 Å². The van der Waals surface area contributed by atoms with Gasteiger partial charge >= 0.3 is 0 Å². The average Bonchev–Trinajstić information content (AvgIpc) is 2.57. The Morgan fingerprint density at radius 1 is 1.21 bits per heavy atom. The Morgan fingerprint density at radius 2 is 2.00 bits per heavy atom. The van der Waals surface area contributed by atoms with Gasteiger partial charge in [-0.05, 0) is 50.2 Å².